The molecule has 6 rings (SSSR count). The van der Waals surface area contributed by atoms with Crippen LogP contribution >= 0.6 is 0 Å². The lowest BCUT2D eigenvalue weighted by Crippen LogP contribution is -2.39. The van der Waals surface area contributed by atoms with Crippen LogP contribution in [-0.4, -0.2) is 70.6 Å². The Labute approximate surface area is 235 Å². The van der Waals surface area contributed by atoms with Crippen molar-refractivity contribution in [1.82, 2.24) is 19.4 Å². The Morgan fingerprint density at radius 3 is 2.73 bits per heavy atom. The monoisotopic (exact) mass is 567 g/mol. The van der Waals surface area contributed by atoms with E-state index in [1.807, 2.05) is 0 Å². The van der Waals surface area contributed by atoms with Gasteiger partial charge in [0.25, 0.3) is 5.91 Å². The standard InChI is InChI=1S/C29H32F3N7O2/c30-29(31,32)22-7-9-34-23(14-22)36-28(40)20-5-3-19(4-6-20)24-25-26(33)35-10-12-39(25)27(37-24)21-2-1-11-38(16-21)15-18-8-13-41-17-18/h3-7,9,14,18,21H,1-2,8,10-13,15-17H2,(H2,33,35)(H,34,36,40). The average molecular weight is 568 g/mol. The number of benzene rings is 1. The Kier molecular flexibility index (Phi) is 7.52. The van der Waals surface area contributed by atoms with Gasteiger partial charge in [0.2, 0.25) is 0 Å². The highest BCUT2D eigenvalue weighted by Gasteiger charge is 2.32. The summed E-state index contributed by atoms with van der Waals surface area (Å²) in [7, 11) is 0. The summed E-state index contributed by atoms with van der Waals surface area (Å²) in [5.41, 5.74) is 8.07. The highest BCUT2D eigenvalue weighted by atomic mass is 19.4. The van der Waals surface area contributed by atoms with Gasteiger partial charge >= 0.3 is 6.18 Å². The Morgan fingerprint density at radius 1 is 1.15 bits per heavy atom. The number of amidine groups is 1. The van der Waals surface area contributed by atoms with Crippen molar-refractivity contribution in [3.05, 3.63) is 65.2 Å². The van der Waals surface area contributed by atoms with Gasteiger partial charge in [-0.25, -0.2) is 9.97 Å². The zero-order chi connectivity index (χ0) is 28.6. The number of hydrogen-bond donors (Lipinski definition) is 2. The van der Waals surface area contributed by atoms with Crippen LogP contribution in [-0.2, 0) is 17.5 Å². The number of likely N-dealkylation sites (tertiary alicyclic amines) is 1. The molecule has 5 heterocycles. The highest BCUT2D eigenvalue weighted by molar-refractivity contribution is 6.05. The number of carbonyl (C=O) groups is 1. The molecule has 2 unspecified atom stereocenters. The van der Waals surface area contributed by atoms with Gasteiger partial charge in [0.1, 0.15) is 23.2 Å². The normalized spacial score (nSPS) is 21.4. The van der Waals surface area contributed by atoms with E-state index < -0.39 is 17.6 Å². The van der Waals surface area contributed by atoms with Crippen molar-refractivity contribution in [1.29, 1.82) is 0 Å². The van der Waals surface area contributed by atoms with Crippen molar-refractivity contribution < 1.29 is 22.7 Å². The van der Waals surface area contributed by atoms with E-state index >= 15 is 0 Å². The number of nitrogens with zero attached hydrogens (tertiary/aromatic N) is 5. The van der Waals surface area contributed by atoms with Crippen molar-refractivity contribution in [3.8, 4) is 11.3 Å². The lowest BCUT2D eigenvalue weighted by Gasteiger charge is -2.34. The first-order chi connectivity index (χ1) is 19.8. The fraction of sp³-hybridized carbons (Fsp3) is 0.448. The fourth-order valence-electron chi connectivity index (χ4n) is 5.98. The quantitative estimate of drug-likeness (QED) is 0.463. The molecule has 1 aromatic carbocycles. The molecule has 2 aromatic heterocycles. The Morgan fingerprint density at radius 2 is 1.98 bits per heavy atom. The maximum Gasteiger partial charge on any atom is 0.416 e. The van der Waals surface area contributed by atoms with Crippen molar-refractivity contribution in [3.63, 3.8) is 0 Å². The first-order valence-corrected chi connectivity index (χ1v) is 13.9. The molecule has 216 valence electrons. The number of halogens is 3. The Hall–Kier alpha value is -3.77. The zero-order valence-electron chi connectivity index (χ0n) is 22.5. The molecule has 12 heteroatoms. The maximum absolute atomic E-state index is 13.0. The van der Waals surface area contributed by atoms with Crippen LogP contribution in [0.5, 0.6) is 0 Å². The van der Waals surface area contributed by atoms with E-state index in [9.17, 15) is 18.0 Å². The van der Waals surface area contributed by atoms with Gasteiger partial charge in [-0.2, -0.15) is 13.2 Å². The van der Waals surface area contributed by atoms with Crippen LogP contribution in [0, 0.1) is 5.92 Å². The van der Waals surface area contributed by atoms with Gasteiger partial charge in [0, 0.05) is 49.5 Å². The number of imidazole rings is 1. The number of amides is 1. The summed E-state index contributed by atoms with van der Waals surface area (Å²) in [6.45, 7) is 6.04. The van der Waals surface area contributed by atoms with Gasteiger partial charge in [-0.05, 0) is 56.0 Å². The van der Waals surface area contributed by atoms with Gasteiger partial charge in [-0.1, -0.05) is 12.1 Å². The zero-order valence-corrected chi connectivity index (χ0v) is 22.5. The average Bonchev–Trinajstić information content (AvgIpc) is 3.62. The SMILES string of the molecule is NC1=NCCn2c(C3CCCN(CC4CCOC4)C3)nc(-c3ccc(C(=O)Nc4cc(C(F)(F)F)ccn4)cc3)c21. The van der Waals surface area contributed by atoms with Crippen LogP contribution in [0.15, 0.2) is 47.6 Å². The van der Waals surface area contributed by atoms with Crippen LogP contribution in [0.3, 0.4) is 0 Å². The lowest BCUT2D eigenvalue weighted by molar-refractivity contribution is -0.137. The van der Waals surface area contributed by atoms with Crippen molar-refractivity contribution in [2.45, 2.75) is 37.9 Å². The summed E-state index contributed by atoms with van der Waals surface area (Å²) in [6.07, 6.45) is -0.251. The van der Waals surface area contributed by atoms with Gasteiger partial charge < -0.3 is 25.3 Å². The number of anilines is 1. The van der Waals surface area contributed by atoms with E-state index in [1.165, 1.54) is 0 Å². The minimum atomic E-state index is -4.53. The third-order valence-electron chi connectivity index (χ3n) is 8.01. The van der Waals surface area contributed by atoms with Gasteiger partial charge in [0.05, 0.1) is 24.4 Å². The summed E-state index contributed by atoms with van der Waals surface area (Å²) in [5.74, 6) is 1.58. The predicted molar refractivity (Wildman–Crippen MR) is 148 cm³/mol. The second-order valence-electron chi connectivity index (χ2n) is 10.9. The number of alkyl halides is 3. The Balaban J connectivity index is 1.22. The van der Waals surface area contributed by atoms with Gasteiger partial charge in [0.15, 0.2) is 0 Å². The molecule has 3 aromatic rings. The first kappa shape index (κ1) is 27.4. The molecular formula is C29H32F3N7O2. The molecular weight excluding hydrogens is 535 g/mol. The summed E-state index contributed by atoms with van der Waals surface area (Å²) in [5, 5.41) is 2.44. The molecule has 3 aliphatic rings. The van der Waals surface area contributed by atoms with Crippen LogP contribution in [0.4, 0.5) is 19.0 Å². The van der Waals surface area contributed by atoms with Crippen LogP contribution in [0.1, 0.15) is 52.6 Å². The summed E-state index contributed by atoms with van der Waals surface area (Å²) >= 11 is 0. The number of fused-ring (bicyclic) bond motifs is 1. The number of ether oxygens (including phenoxy) is 1. The Bertz CT molecular complexity index is 1450. The van der Waals surface area contributed by atoms with Gasteiger partial charge in [-0.3, -0.25) is 9.79 Å². The molecule has 2 fully saturated rings. The number of piperidine rings is 1. The summed E-state index contributed by atoms with van der Waals surface area (Å²) in [4.78, 5) is 28.7. The minimum absolute atomic E-state index is 0.173. The maximum atomic E-state index is 13.0. The number of pyridine rings is 1. The van der Waals surface area contributed by atoms with Crippen LogP contribution in [0.25, 0.3) is 11.3 Å². The molecule has 9 nitrogen and oxygen atoms in total. The number of rotatable bonds is 6. The lowest BCUT2D eigenvalue weighted by atomic mass is 9.95. The molecule has 1 amide bonds. The van der Waals surface area contributed by atoms with Crippen LogP contribution in [0.2, 0.25) is 0 Å². The van der Waals surface area contributed by atoms with Crippen molar-refractivity contribution in [2.24, 2.45) is 16.6 Å². The van der Waals surface area contributed by atoms with E-state index in [-0.39, 0.29) is 17.3 Å². The smallest absolute Gasteiger partial charge is 0.382 e. The number of carbonyl (C=O) groups excluding carboxylic acids is 1. The summed E-state index contributed by atoms with van der Waals surface area (Å²) < 4.78 is 46.9. The van der Waals surface area contributed by atoms with E-state index in [0.29, 0.717) is 30.5 Å². The van der Waals surface area contributed by atoms with E-state index in [4.69, 9.17) is 15.5 Å². The van der Waals surface area contributed by atoms with Crippen molar-refractivity contribution in [2.75, 3.05) is 44.7 Å². The molecule has 0 aliphatic carbocycles. The number of hydrogen-bond acceptors (Lipinski definition) is 7. The van der Waals surface area contributed by atoms with E-state index in [2.05, 4.69) is 24.8 Å². The number of nitrogens with two attached hydrogens (primary N) is 1. The molecule has 2 atom stereocenters. The molecule has 0 bridgehead atoms. The van der Waals surface area contributed by atoms with E-state index in [1.54, 1.807) is 24.3 Å². The highest BCUT2D eigenvalue weighted by Crippen LogP contribution is 2.34. The molecule has 0 spiro atoms. The van der Waals surface area contributed by atoms with Crippen LogP contribution < -0.4 is 11.1 Å². The predicted octanol–water partition coefficient (Wildman–Crippen LogP) is 4.15. The number of aliphatic imine (C=N–C) groups is 1. The molecule has 41 heavy (non-hydrogen) atoms. The molecule has 0 radical (unpaired) electrons. The molecule has 2 saturated heterocycles. The van der Waals surface area contributed by atoms with E-state index in [0.717, 1.165) is 87.5 Å². The number of aromatic nitrogens is 3. The molecule has 3 aliphatic heterocycles. The fourth-order valence-corrected chi connectivity index (χ4v) is 5.98. The largest absolute Gasteiger partial charge is 0.416 e. The number of nitrogens with one attached hydrogen (secondary N) is 1. The van der Waals surface area contributed by atoms with Gasteiger partial charge in [-0.15, -0.1) is 0 Å². The minimum Gasteiger partial charge on any atom is -0.382 e. The third kappa shape index (κ3) is 5.84. The first-order valence-electron chi connectivity index (χ1n) is 13.9. The molecule has 3 N–H and O–H groups in total. The van der Waals surface area contributed by atoms with Crippen molar-refractivity contribution >= 4 is 17.6 Å². The second kappa shape index (κ2) is 11.2. The molecule has 0 saturated carbocycles. The summed E-state index contributed by atoms with van der Waals surface area (Å²) in [6, 6.07) is 8.45. The third-order valence-corrected chi connectivity index (χ3v) is 8.01. The topological polar surface area (TPSA) is 111 Å². The second-order valence-corrected chi connectivity index (χ2v) is 10.9.